The standard InChI is InChI=1S/C21H22O3Se/c1-18(22)24-20(17-23-16-19-10-4-2-5-11-19)12-8-9-15-25-21-13-6-3-7-14-21/h2-7,10-11,13-14,20H,8,12,16-17H2,1H3/t20-/m0/s1. The van der Waals surface area contributed by atoms with Gasteiger partial charge < -0.3 is 0 Å². The van der Waals surface area contributed by atoms with Gasteiger partial charge in [-0.25, -0.2) is 0 Å². The van der Waals surface area contributed by atoms with Gasteiger partial charge in [0.05, 0.1) is 0 Å². The number of benzene rings is 2. The molecule has 0 aliphatic heterocycles. The Morgan fingerprint density at radius 3 is 2.44 bits per heavy atom. The molecule has 2 aromatic carbocycles. The van der Waals surface area contributed by atoms with Crippen molar-refractivity contribution in [3.8, 4) is 10.7 Å². The van der Waals surface area contributed by atoms with Gasteiger partial charge in [-0.15, -0.1) is 0 Å². The maximum absolute atomic E-state index is 11.3. The summed E-state index contributed by atoms with van der Waals surface area (Å²) in [6.07, 6.45) is 1.13. The van der Waals surface area contributed by atoms with E-state index < -0.39 is 0 Å². The van der Waals surface area contributed by atoms with Crippen LogP contribution in [0.25, 0.3) is 0 Å². The van der Waals surface area contributed by atoms with Crippen molar-refractivity contribution in [2.75, 3.05) is 6.61 Å². The van der Waals surface area contributed by atoms with Crippen LogP contribution in [0.4, 0.5) is 0 Å². The Bertz CT molecular complexity index is 689. The number of rotatable bonds is 8. The van der Waals surface area contributed by atoms with Crippen molar-refractivity contribution < 1.29 is 14.3 Å². The Labute approximate surface area is 155 Å². The zero-order valence-corrected chi connectivity index (χ0v) is 16.0. The average molecular weight is 401 g/mol. The van der Waals surface area contributed by atoms with Crippen LogP contribution in [0.2, 0.25) is 0 Å². The van der Waals surface area contributed by atoms with E-state index in [1.165, 1.54) is 11.4 Å². The van der Waals surface area contributed by atoms with Crippen molar-refractivity contribution in [2.45, 2.75) is 32.5 Å². The van der Waals surface area contributed by atoms with Crippen molar-refractivity contribution >= 4 is 25.4 Å². The molecule has 0 spiro atoms. The van der Waals surface area contributed by atoms with Crippen molar-refractivity contribution in [1.82, 2.24) is 0 Å². The molecule has 0 bridgehead atoms. The summed E-state index contributed by atoms with van der Waals surface area (Å²) >= 11 is 0.169. The van der Waals surface area contributed by atoms with Gasteiger partial charge in [-0.2, -0.15) is 0 Å². The fourth-order valence-electron chi connectivity index (χ4n) is 2.16. The Kier molecular flexibility index (Phi) is 8.86. The van der Waals surface area contributed by atoms with E-state index in [1.807, 2.05) is 48.5 Å². The Morgan fingerprint density at radius 2 is 1.76 bits per heavy atom. The Hall–Kier alpha value is -2.05. The van der Waals surface area contributed by atoms with Crippen molar-refractivity contribution in [2.24, 2.45) is 0 Å². The summed E-state index contributed by atoms with van der Waals surface area (Å²) in [4.78, 5) is 14.5. The van der Waals surface area contributed by atoms with Gasteiger partial charge in [0.1, 0.15) is 0 Å². The molecule has 130 valence electrons. The minimum absolute atomic E-state index is 0.169. The van der Waals surface area contributed by atoms with Crippen molar-refractivity contribution in [1.29, 1.82) is 0 Å². The molecule has 0 N–H and O–H groups in total. The second-order valence-corrected chi connectivity index (χ2v) is 7.31. The fourth-order valence-corrected chi connectivity index (χ4v) is 3.39. The van der Waals surface area contributed by atoms with Crippen molar-refractivity contribution in [3.05, 3.63) is 66.2 Å². The molecule has 0 saturated heterocycles. The van der Waals surface area contributed by atoms with Gasteiger partial charge in [0.2, 0.25) is 0 Å². The van der Waals surface area contributed by atoms with Crippen LogP contribution in [0.15, 0.2) is 60.7 Å². The van der Waals surface area contributed by atoms with Gasteiger partial charge in [-0.3, -0.25) is 0 Å². The first-order valence-corrected chi connectivity index (χ1v) is 9.94. The molecular weight excluding hydrogens is 379 g/mol. The zero-order chi connectivity index (χ0) is 17.7. The predicted octanol–water partition coefficient (Wildman–Crippen LogP) is 2.91. The molecule has 0 unspecified atom stereocenters. The van der Waals surface area contributed by atoms with E-state index in [-0.39, 0.29) is 27.0 Å². The molecule has 3 nitrogen and oxygen atoms in total. The van der Waals surface area contributed by atoms with Crippen LogP contribution >= 0.6 is 0 Å². The van der Waals surface area contributed by atoms with Gasteiger partial charge >= 0.3 is 156 Å². The average Bonchev–Trinajstić information content (AvgIpc) is 2.62. The second kappa shape index (κ2) is 11.5. The van der Waals surface area contributed by atoms with E-state index in [9.17, 15) is 4.79 Å². The summed E-state index contributed by atoms with van der Waals surface area (Å²) in [6.45, 7) is 2.33. The SMILES string of the molecule is CC(=O)O[C@@H](CCC#C[Se]c1ccccc1)COCc1ccccc1. The van der Waals surface area contributed by atoms with Gasteiger partial charge in [0.15, 0.2) is 0 Å². The van der Waals surface area contributed by atoms with E-state index in [2.05, 4.69) is 22.9 Å². The fraction of sp³-hybridized carbons (Fsp3) is 0.286. The first-order valence-electron chi connectivity index (χ1n) is 8.22. The van der Waals surface area contributed by atoms with Gasteiger partial charge in [0, 0.05) is 0 Å². The number of esters is 1. The first-order chi connectivity index (χ1) is 12.2. The van der Waals surface area contributed by atoms with Crippen LogP contribution in [0.5, 0.6) is 0 Å². The second-order valence-electron chi connectivity index (χ2n) is 5.46. The number of ether oxygens (including phenoxy) is 2. The van der Waals surface area contributed by atoms with Crippen LogP contribution in [0.1, 0.15) is 25.3 Å². The molecule has 0 aromatic heterocycles. The molecule has 1 atom stereocenters. The number of hydrogen-bond acceptors (Lipinski definition) is 3. The third kappa shape index (κ3) is 8.56. The van der Waals surface area contributed by atoms with Crippen LogP contribution in [0.3, 0.4) is 0 Å². The van der Waals surface area contributed by atoms with Crippen LogP contribution in [-0.4, -0.2) is 33.6 Å². The maximum atomic E-state index is 11.3. The number of hydrogen-bond donors (Lipinski definition) is 0. The van der Waals surface area contributed by atoms with Crippen molar-refractivity contribution in [3.63, 3.8) is 0 Å². The Morgan fingerprint density at radius 1 is 1.08 bits per heavy atom. The van der Waals surface area contributed by atoms with E-state index in [1.54, 1.807) is 0 Å². The quantitative estimate of drug-likeness (QED) is 0.388. The summed E-state index contributed by atoms with van der Waals surface area (Å²) in [6, 6.07) is 20.2. The topological polar surface area (TPSA) is 35.5 Å². The summed E-state index contributed by atoms with van der Waals surface area (Å²) in [7, 11) is 0. The minimum atomic E-state index is -0.283. The van der Waals surface area contributed by atoms with Gasteiger partial charge in [0.25, 0.3) is 0 Å². The molecule has 0 heterocycles. The summed E-state index contributed by atoms with van der Waals surface area (Å²) < 4.78 is 12.3. The monoisotopic (exact) mass is 402 g/mol. The molecular formula is C21H22O3Se. The van der Waals surface area contributed by atoms with E-state index in [0.29, 0.717) is 26.1 Å². The molecule has 0 radical (unpaired) electrons. The van der Waals surface area contributed by atoms with Crippen LogP contribution < -0.4 is 4.46 Å². The molecule has 4 heteroatoms. The molecule has 0 saturated carbocycles. The molecule has 0 fully saturated rings. The van der Waals surface area contributed by atoms with Gasteiger partial charge in [-0.05, 0) is 0 Å². The summed E-state index contributed by atoms with van der Waals surface area (Å²) in [5.41, 5.74) is 1.11. The van der Waals surface area contributed by atoms with E-state index >= 15 is 0 Å². The Balaban J connectivity index is 1.72. The normalized spacial score (nSPS) is 11.2. The molecule has 2 rings (SSSR count). The molecule has 25 heavy (non-hydrogen) atoms. The number of carbonyl (C=O) groups is 1. The van der Waals surface area contributed by atoms with E-state index in [0.717, 1.165) is 5.56 Å². The summed E-state index contributed by atoms with van der Waals surface area (Å²) in [5, 5.41) is 0. The summed E-state index contributed by atoms with van der Waals surface area (Å²) in [5.74, 6) is 2.89. The first kappa shape index (κ1) is 19.3. The zero-order valence-electron chi connectivity index (χ0n) is 14.3. The number of carbonyl (C=O) groups excluding carboxylic acids is 1. The van der Waals surface area contributed by atoms with Gasteiger partial charge in [-0.1, -0.05) is 0 Å². The molecule has 2 aromatic rings. The van der Waals surface area contributed by atoms with Crippen LogP contribution in [-0.2, 0) is 20.9 Å². The molecule has 0 amide bonds. The van der Waals surface area contributed by atoms with E-state index in [4.69, 9.17) is 9.47 Å². The molecule has 0 aliphatic rings. The predicted molar refractivity (Wildman–Crippen MR) is 100 cm³/mol. The third-order valence-electron chi connectivity index (χ3n) is 3.32. The third-order valence-corrected chi connectivity index (χ3v) is 4.91. The van der Waals surface area contributed by atoms with Crippen LogP contribution in [0, 0.1) is 10.7 Å². The molecule has 0 aliphatic carbocycles.